The molecule has 128 valence electrons. The normalized spacial score (nSPS) is 14.2. The van der Waals surface area contributed by atoms with Crippen LogP contribution in [-0.4, -0.2) is 40.4 Å². The molecule has 1 heterocycles. The molecule has 1 unspecified atom stereocenters. The van der Waals surface area contributed by atoms with Gasteiger partial charge >= 0.3 is 5.97 Å². The Morgan fingerprint density at radius 1 is 1.46 bits per heavy atom. The van der Waals surface area contributed by atoms with Gasteiger partial charge in [-0.15, -0.1) is 0 Å². The first-order valence-corrected chi connectivity index (χ1v) is 7.62. The van der Waals surface area contributed by atoms with E-state index in [1.165, 1.54) is 4.90 Å². The lowest BCUT2D eigenvalue weighted by molar-refractivity contribution is -0.137. The van der Waals surface area contributed by atoms with Crippen LogP contribution in [0.4, 0.5) is 0 Å². The molecule has 1 aliphatic rings. The fourth-order valence-electron chi connectivity index (χ4n) is 2.74. The van der Waals surface area contributed by atoms with Crippen molar-refractivity contribution < 1.29 is 24.2 Å². The minimum atomic E-state index is -1.04. The van der Waals surface area contributed by atoms with Crippen LogP contribution in [0.5, 0.6) is 0 Å². The van der Waals surface area contributed by atoms with Crippen LogP contribution in [-0.2, 0) is 20.9 Å². The minimum absolute atomic E-state index is 0.0110. The fourth-order valence-corrected chi connectivity index (χ4v) is 2.74. The maximum absolute atomic E-state index is 12.5. The van der Waals surface area contributed by atoms with E-state index in [0.29, 0.717) is 17.9 Å². The van der Waals surface area contributed by atoms with Crippen molar-refractivity contribution in [2.45, 2.75) is 32.4 Å². The standard InChI is InChI=1S/C17H20N2O5/c1-3-24-10(2)11-4-5-13-12(8-11)9-19(17(13)23)14(16(18)22)6-7-15(20)21/h4-5,8,14H,2-3,6-7,9H2,1H3,(H2,18,22)(H,20,21). The third-order valence-corrected chi connectivity index (χ3v) is 3.91. The van der Waals surface area contributed by atoms with Gasteiger partial charge in [-0.3, -0.25) is 14.4 Å². The van der Waals surface area contributed by atoms with E-state index in [2.05, 4.69) is 6.58 Å². The molecule has 1 aliphatic heterocycles. The second kappa shape index (κ2) is 7.16. The van der Waals surface area contributed by atoms with Crippen LogP contribution in [0, 0.1) is 0 Å². The molecule has 0 spiro atoms. The zero-order valence-electron chi connectivity index (χ0n) is 13.4. The Kier molecular flexibility index (Phi) is 5.23. The van der Waals surface area contributed by atoms with E-state index >= 15 is 0 Å². The minimum Gasteiger partial charge on any atom is -0.494 e. The van der Waals surface area contributed by atoms with Crippen molar-refractivity contribution in [2.75, 3.05) is 6.61 Å². The number of nitrogens with two attached hydrogens (primary N) is 1. The highest BCUT2D eigenvalue weighted by molar-refractivity contribution is 6.01. The molecule has 0 saturated heterocycles. The van der Waals surface area contributed by atoms with Crippen molar-refractivity contribution in [2.24, 2.45) is 5.73 Å². The number of rotatable bonds is 8. The Morgan fingerprint density at radius 2 is 2.17 bits per heavy atom. The molecule has 2 rings (SSSR count). The predicted molar refractivity (Wildman–Crippen MR) is 86.8 cm³/mol. The first-order valence-electron chi connectivity index (χ1n) is 7.62. The van der Waals surface area contributed by atoms with Crippen molar-refractivity contribution >= 4 is 23.5 Å². The summed E-state index contributed by atoms with van der Waals surface area (Å²) in [7, 11) is 0. The molecule has 1 aromatic carbocycles. The first kappa shape index (κ1) is 17.5. The number of fused-ring (bicyclic) bond motifs is 1. The van der Waals surface area contributed by atoms with E-state index in [1.54, 1.807) is 18.2 Å². The number of carboxylic acids is 1. The molecule has 24 heavy (non-hydrogen) atoms. The zero-order valence-corrected chi connectivity index (χ0v) is 13.4. The van der Waals surface area contributed by atoms with Crippen LogP contribution in [0.15, 0.2) is 24.8 Å². The van der Waals surface area contributed by atoms with Crippen LogP contribution in [0.1, 0.15) is 41.3 Å². The van der Waals surface area contributed by atoms with Gasteiger partial charge in [0.25, 0.3) is 5.91 Å². The summed E-state index contributed by atoms with van der Waals surface area (Å²) in [6.45, 7) is 6.37. The Morgan fingerprint density at radius 3 is 2.75 bits per heavy atom. The molecular weight excluding hydrogens is 312 g/mol. The van der Waals surface area contributed by atoms with E-state index < -0.39 is 17.9 Å². The third kappa shape index (κ3) is 3.56. The number of benzene rings is 1. The zero-order chi connectivity index (χ0) is 17.9. The van der Waals surface area contributed by atoms with Gasteiger partial charge in [0, 0.05) is 24.1 Å². The van der Waals surface area contributed by atoms with Crippen molar-refractivity contribution in [1.82, 2.24) is 4.90 Å². The highest BCUT2D eigenvalue weighted by Gasteiger charge is 2.35. The second-order valence-electron chi connectivity index (χ2n) is 5.51. The fraction of sp³-hybridized carbons (Fsp3) is 0.353. The average Bonchev–Trinajstić information content (AvgIpc) is 2.83. The molecule has 2 amide bonds. The van der Waals surface area contributed by atoms with Gasteiger partial charge < -0.3 is 20.5 Å². The van der Waals surface area contributed by atoms with Gasteiger partial charge in [-0.1, -0.05) is 12.6 Å². The molecule has 1 atom stereocenters. The Labute approximate surface area is 139 Å². The monoisotopic (exact) mass is 332 g/mol. The lowest BCUT2D eigenvalue weighted by Crippen LogP contribution is -2.45. The summed E-state index contributed by atoms with van der Waals surface area (Å²) in [5, 5.41) is 8.80. The summed E-state index contributed by atoms with van der Waals surface area (Å²) >= 11 is 0. The molecule has 0 fully saturated rings. The van der Waals surface area contributed by atoms with E-state index in [1.807, 2.05) is 6.92 Å². The lowest BCUT2D eigenvalue weighted by atomic mass is 10.1. The van der Waals surface area contributed by atoms with Crippen LogP contribution in [0.2, 0.25) is 0 Å². The second-order valence-corrected chi connectivity index (χ2v) is 5.51. The number of carbonyl (C=O) groups is 3. The van der Waals surface area contributed by atoms with Gasteiger partial charge in [0.05, 0.1) is 6.61 Å². The Bertz CT molecular complexity index is 698. The number of amides is 2. The van der Waals surface area contributed by atoms with Gasteiger partial charge in [0.1, 0.15) is 11.8 Å². The molecule has 7 heteroatoms. The molecular formula is C17H20N2O5. The maximum Gasteiger partial charge on any atom is 0.303 e. The molecule has 0 radical (unpaired) electrons. The summed E-state index contributed by atoms with van der Waals surface area (Å²) in [5.41, 5.74) is 7.33. The highest BCUT2D eigenvalue weighted by atomic mass is 16.5. The molecule has 0 bridgehead atoms. The van der Waals surface area contributed by atoms with E-state index in [0.717, 1.165) is 11.1 Å². The summed E-state index contributed by atoms with van der Waals surface area (Å²) in [6.07, 6.45) is -0.247. The van der Waals surface area contributed by atoms with E-state index in [4.69, 9.17) is 15.6 Å². The maximum atomic E-state index is 12.5. The third-order valence-electron chi connectivity index (χ3n) is 3.91. The van der Waals surface area contributed by atoms with Crippen molar-refractivity contribution in [3.63, 3.8) is 0 Å². The highest BCUT2D eigenvalue weighted by Crippen LogP contribution is 2.29. The van der Waals surface area contributed by atoms with Crippen LogP contribution in [0.25, 0.3) is 5.76 Å². The number of carbonyl (C=O) groups excluding carboxylic acids is 2. The van der Waals surface area contributed by atoms with Gasteiger partial charge in [-0.25, -0.2) is 0 Å². The van der Waals surface area contributed by atoms with Crippen molar-refractivity contribution in [3.8, 4) is 0 Å². The number of carboxylic acid groups (broad SMARTS) is 1. The van der Waals surface area contributed by atoms with Crippen LogP contribution in [0.3, 0.4) is 0 Å². The molecule has 0 saturated carbocycles. The number of aliphatic carboxylic acids is 1. The number of hydrogen-bond acceptors (Lipinski definition) is 4. The van der Waals surface area contributed by atoms with Gasteiger partial charge in [-0.2, -0.15) is 0 Å². The largest absolute Gasteiger partial charge is 0.494 e. The topological polar surface area (TPSA) is 110 Å². The first-order chi connectivity index (χ1) is 11.3. The number of nitrogens with zero attached hydrogens (tertiary/aromatic N) is 1. The molecule has 0 aromatic heterocycles. The lowest BCUT2D eigenvalue weighted by Gasteiger charge is -2.24. The van der Waals surface area contributed by atoms with Gasteiger partial charge in [0.15, 0.2) is 0 Å². The van der Waals surface area contributed by atoms with Crippen molar-refractivity contribution in [3.05, 3.63) is 41.5 Å². The van der Waals surface area contributed by atoms with Gasteiger partial charge in [-0.05, 0) is 31.0 Å². The van der Waals surface area contributed by atoms with E-state index in [9.17, 15) is 14.4 Å². The van der Waals surface area contributed by atoms with Crippen molar-refractivity contribution in [1.29, 1.82) is 0 Å². The van der Waals surface area contributed by atoms with Gasteiger partial charge in [0.2, 0.25) is 5.91 Å². The quantitative estimate of drug-likeness (QED) is 0.699. The Balaban J connectivity index is 2.23. The average molecular weight is 332 g/mol. The smallest absolute Gasteiger partial charge is 0.303 e. The molecule has 0 aliphatic carbocycles. The Hall–Kier alpha value is -2.83. The number of hydrogen-bond donors (Lipinski definition) is 2. The SMILES string of the molecule is C=C(OCC)c1ccc2c(c1)CN(C(CCC(=O)O)C(N)=O)C2=O. The summed E-state index contributed by atoms with van der Waals surface area (Å²) < 4.78 is 5.36. The summed E-state index contributed by atoms with van der Waals surface area (Å²) in [4.78, 5) is 36.2. The van der Waals surface area contributed by atoms with E-state index in [-0.39, 0.29) is 25.3 Å². The number of ether oxygens (including phenoxy) is 1. The predicted octanol–water partition coefficient (Wildman–Crippen LogP) is 1.37. The van der Waals surface area contributed by atoms with Crippen LogP contribution >= 0.6 is 0 Å². The molecule has 3 N–H and O–H groups in total. The van der Waals surface area contributed by atoms with Crippen LogP contribution < -0.4 is 5.73 Å². The summed E-state index contributed by atoms with van der Waals surface area (Å²) in [5.74, 6) is -1.58. The molecule has 1 aromatic rings. The summed E-state index contributed by atoms with van der Waals surface area (Å²) in [6, 6.07) is 4.24. The molecule has 7 nitrogen and oxygen atoms in total. The number of primary amides is 1.